The molecule has 6 rings (SSSR count). The van der Waals surface area contributed by atoms with Crippen LogP contribution in [0.2, 0.25) is 0 Å². The number of ether oxygens (including phenoxy) is 1. The van der Waals surface area contributed by atoms with Gasteiger partial charge in [0.25, 0.3) is 0 Å². The van der Waals surface area contributed by atoms with Crippen molar-refractivity contribution in [2.75, 3.05) is 23.9 Å². The summed E-state index contributed by atoms with van der Waals surface area (Å²) in [6.07, 6.45) is 10.7. The fraction of sp³-hybridized carbons (Fsp3) is 0.692. The number of hydrogen-bond acceptors (Lipinski definition) is 7. The number of nitrogens with zero attached hydrogens (tertiary/aromatic N) is 5. The van der Waals surface area contributed by atoms with E-state index in [2.05, 4.69) is 32.4 Å². The van der Waals surface area contributed by atoms with Crippen LogP contribution in [-0.4, -0.2) is 62.8 Å². The summed E-state index contributed by atoms with van der Waals surface area (Å²) in [4.78, 5) is 27.5. The number of rotatable bonds is 7. The monoisotopic (exact) mass is 479 g/mol. The van der Waals surface area contributed by atoms with E-state index in [-0.39, 0.29) is 6.10 Å². The summed E-state index contributed by atoms with van der Waals surface area (Å²) in [6.45, 7) is 2.76. The largest absolute Gasteiger partial charge is 0.372 e. The van der Waals surface area contributed by atoms with Gasteiger partial charge in [-0.2, -0.15) is 10.1 Å². The predicted octanol–water partition coefficient (Wildman–Crippen LogP) is 4.25. The SMILES string of the molecule is Cc1cc(Nc2cc(C3CCCO3)nc(N(C)[C@@H]3C[C@H]4CCC[C@@H](C3)N4C(=O)CC3CC3)n2)n[nH]1. The fourth-order valence-corrected chi connectivity index (χ4v) is 6.18. The minimum atomic E-state index is 0.00731. The van der Waals surface area contributed by atoms with E-state index < -0.39 is 0 Å². The number of anilines is 3. The van der Waals surface area contributed by atoms with Crippen LogP contribution < -0.4 is 10.2 Å². The zero-order valence-electron chi connectivity index (χ0n) is 20.9. The number of aryl methyl sites for hydroxylation is 1. The molecule has 5 heterocycles. The van der Waals surface area contributed by atoms with Crippen LogP contribution in [0.15, 0.2) is 12.1 Å². The van der Waals surface area contributed by atoms with Gasteiger partial charge in [0.1, 0.15) is 5.82 Å². The summed E-state index contributed by atoms with van der Waals surface area (Å²) >= 11 is 0. The summed E-state index contributed by atoms with van der Waals surface area (Å²) in [7, 11) is 2.11. The van der Waals surface area contributed by atoms with Crippen molar-refractivity contribution < 1.29 is 9.53 Å². The van der Waals surface area contributed by atoms with Crippen LogP contribution in [0.4, 0.5) is 17.6 Å². The summed E-state index contributed by atoms with van der Waals surface area (Å²) in [5, 5.41) is 10.6. The second-order valence-electron chi connectivity index (χ2n) is 11.0. The highest BCUT2D eigenvalue weighted by atomic mass is 16.5. The Morgan fingerprint density at radius 1 is 1.11 bits per heavy atom. The summed E-state index contributed by atoms with van der Waals surface area (Å²) in [6, 6.07) is 4.95. The summed E-state index contributed by atoms with van der Waals surface area (Å²) in [5.41, 5.74) is 1.92. The lowest BCUT2D eigenvalue weighted by Crippen LogP contribution is -2.58. The van der Waals surface area contributed by atoms with Crippen molar-refractivity contribution in [1.29, 1.82) is 0 Å². The van der Waals surface area contributed by atoms with Gasteiger partial charge in [-0.25, -0.2) is 4.98 Å². The molecule has 4 aliphatic rings. The second-order valence-corrected chi connectivity index (χ2v) is 11.0. The van der Waals surface area contributed by atoms with Crippen molar-refractivity contribution >= 4 is 23.5 Å². The van der Waals surface area contributed by atoms with Crippen molar-refractivity contribution in [3.05, 3.63) is 23.5 Å². The number of hydrogen-bond donors (Lipinski definition) is 2. The number of carbonyl (C=O) groups is 1. The third-order valence-electron chi connectivity index (χ3n) is 8.22. The molecule has 2 aromatic rings. The van der Waals surface area contributed by atoms with Crippen molar-refractivity contribution in [3.8, 4) is 0 Å². The standard InChI is InChI=1S/C26H37N7O2/c1-16-11-24(31-30-16)28-23-15-21(22-7-4-10-35-22)27-26(29-23)32(2)20-13-18-5-3-6-19(14-20)33(18)25(34)12-17-8-9-17/h11,15,17-20,22H,3-10,12-14H2,1-2H3,(H2,27,28,29,30,31)/t18-,19+,20-,22?. The first-order valence-electron chi connectivity index (χ1n) is 13.4. The van der Waals surface area contributed by atoms with Gasteiger partial charge >= 0.3 is 0 Å². The third kappa shape index (κ3) is 4.87. The van der Waals surface area contributed by atoms with E-state index in [4.69, 9.17) is 14.7 Å². The minimum absolute atomic E-state index is 0.00731. The first-order chi connectivity index (χ1) is 17.0. The molecule has 2 N–H and O–H groups in total. The van der Waals surface area contributed by atoms with Crippen LogP contribution in [0.1, 0.15) is 81.7 Å². The Kier molecular flexibility index (Phi) is 6.12. The van der Waals surface area contributed by atoms with Gasteiger partial charge in [-0.05, 0) is 70.6 Å². The Balaban J connectivity index is 1.23. The molecule has 3 aliphatic heterocycles. The molecular formula is C26H37N7O2. The maximum Gasteiger partial charge on any atom is 0.227 e. The maximum atomic E-state index is 13.1. The molecule has 35 heavy (non-hydrogen) atoms. The molecule has 0 radical (unpaired) electrons. The van der Waals surface area contributed by atoms with Crippen molar-refractivity contribution in [2.45, 2.75) is 95.4 Å². The highest BCUT2D eigenvalue weighted by Gasteiger charge is 2.43. The summed E-state index contributed by atoms with van der Waals surface area (Å²) in [5.74, 6) is 3.22. The Morgan fingerprint density at radius 2 is 1.91 bits per heavy atom. The van der Waals surface area contributed by atoms with Crippen LogP contribution in [0.3, 0.4) is 0 Å². The van der Waals surface area contributed by atoms with Gasteiger partial charge in [-0.15, -0.1) is 0 Å². The molecule has 1 unspecified atom stereocenters. The number of fused-ring (bicyclic) bond motifs is 2. The summed E-state index contributed by atoms with van der Waals surface area (Å²) < 4.78 is 5.96. The lowest BCUT2D eigenvalue weighted by molar-refractivity contribution is -0.141. The fourth-order valence-electron chi connectivity index (χ4n) is 6.18. The number of carbonyl (C=O) groups excluding carboxylic acids is 1. The average molecular weight is 480 g/mol. The lowest BCUT2D eigenvalue weighted by Gasteiger charge is -2.50. The predicted molar refractivity (Wildman–Crippen MR) is 134 cm³/mol. The van der Waals surface area contributed by atoms with Gasteiger partial charge in [0.2, 0.25) is 11.9 Å². The van der Waals surface area contributed by atoms with E-state index in [0.717, 1.165) is 74.6 Å². The van der Waals surface area contributed by atoms with Crippen LogP contribution >= 0.6 is 0 Å². The van der Waals surface area contributed by atoms with Gasteiger partial charge in [-0.3, -0.25) is 9.89 Å². The normalized spacial score (nSPS) is 28.2. The van der Waals surface area contributed by atoms with Gasteiger partial charge in [-0.1, -0.05) is 0 Å². The Bertz CT molecular complexity index is 1050. The molecule has 3 saturated heterocycles. The Morgan fingerprint density at radius 3 is 2.57 bits per heavy atom. The number of H-pyrrole nitrogens is 1. The molecule has 1 saturated carbocycles. The zero-order chi connectivity index (χ0) is 23.9. The van der Waals surface area contributed by atoms with Gasteiger partial charge < -0.3 is 19.9 Å². The molecule has 188 valence electrons. The molecule has 2 aromatic heterocycles. The first-order valence-corrected chi connectivity index (χ1v) is 13.4. The molecule has 2 bridgehead atoms. The molecule has 4 atom stereocenters. The van der Waals surface area contributed by atoms with E-state index in [1.54, 1.807) is 0 Å². The molecular weight excluding hydrogens is 442 g/mol. The van der Waals surface area contributed by atoms with Gasteiger partial charge in [0, 0.05) is 56.0 Å². The number of aromatic nitrogens is 4. The Hall–Kier alpha value is -2.68. The van der Waals surface area contributed by atoms with Crippen molar-refractivity contribution in [2.24, 2.45) is 5.92 Å². The first kappa shape index (κ1) is 22.8. The second kappa shape index (κ2) is 9.41. The topological polar surface area (TPSA) is 99.3 Å². The van der Waals surface area contributed by atoms with Gasteiger partial charge in [0.15, 0.2) is 5.82 Å². The highest BCUT2D eigenvalue weighted by Crippen LogP contribution is 2.40. The molecule has 9 heteroatoms. The van der Waals surface area contributed by atoms with E-state index >= 15 is 0 Å². The molecule has 1 aliphatic carbocycles. The smallest absolute Gasteiger partial charge is 0.227 e. The molecule has 1 amide bonds. The minimum Gasteiger partial charge on any atom is -0.372 e. The van der Waals surface area contributed by atoms with Gasteiger partial charge in [0.05, 0.1) is 11.8 Å². The lowest BCUT2D eigenvalue weighted by atomic mass is 9.81. The van der Waals surface area contributed by atoms with E-state index in [0.29, 0.717) is 35.9 Å². The molecule has 0 spiro atoms. The van der Waals surface area contributed by atoms with E-state index in [1.165, 1.54) is 19.3 Å². The number of piperidine rings is 2. The maximum absolute atomic E-state index is 13.1. The number of amides is 1. The van der Waals surface area contributed by atoms with Crippen LogP contribution in [0, 0.1) is 12.8 Å². The molecule has 4 fully saturated rings. The zero-order valence-corrected chi connectivity index (χ0v) is 20.9. The van der Waals surface area contributed by atoms with E-state index in [9.17, 15) is 4.79 Å². The number of nitrogens with one attached hydrogen (secondary N) is 2. The van der Waals surface area contributed by atoms with Crippen LogP contribution in [-0.2, 0) is 9.53 Å². The van der Waals surface area contributed by atoms with Crippen LogP contribution in [0.25, 0.3) is 0 Å². The Labute approximate surface area is 207 Å². The molecule has 0 aromatic carbocycles. The average Bonchev–Trinajstić information content (AvgIpc) is 3.30. The van der Waals surface area contributed by atoms with Crippen molar-refractivity contribution in [1.82, 2.24) is 25.1 Å². The van der Waals surface area contributed by atoms with E-state index in [1.807, 2.05) is 19.1 Å². The van der Waals surface area contributed by atoms with Crippen LogP contribution in [0.5, 0.6) is 0 Å². The quantitative estimate of drug-likeness (QED) is 0.612. The molecule has 9 nitrogen and oxygen atoms in total. The third-order valence-corrected chi connectivity index (χ3v) is 8.22. The van der Waals surface area contributed by atoms with Crippen molar-refractivity contribution in [3.63, 3.8) is 0 Å². The number of aromatic amines is 1. The highest BCUT2D eigenvalue weighted by molar-refractivity contribution is 5.77.